The Morgan fingerprint density at radius 3 is 2.89 bits per heavy atom. The van der Waals surface area contributed by atoms with E-state index in [2.05, 4.69) is 5.32 Å². The summed E-state index contributed by atoms with van der Waals surface area (Å²) >= 11 is 12.2. The van der Waals surface area contributed by atoms with Gasteiger partial charge in [-0.3, -0.25) is 4.79 Å². The van der Waals surface area contributed by atoms with Crippen LogP contribution in [0.1, 0.15) is 12.0 Å². The van der Waals surface area contributed by atoms with Crippen molar-refractivity contribution in [1.82, 2.24) is 0 Å². The van der Waals surface area contributed by atoms with Gasteiger partial charge in [-0.05, 0) is 12.5 Å². The lowest BCUT2D eigenvalue weighted by Crippen LogP contribution is -2.20. The number of hydrogen-bond donors (Lipinski definition) is 1. The lowest BCUT2D eigenvalue weighted by Gasteiger charge is -2.22. The predicted molar refractivity (Wildman–Crippen MR) is 68.6 cm³/mol. The highest BCUT2D eigenvalue weighted by atomic mass is 35.5. The molecule has 96 valence electrons. The van der Waals surface area contributed by atoms with E-state index in [0.717, 1.165) is 12.2 Å². The zero-order valence-corrected chi connectivity index (χ0v) is 11.0. The molecule has 2 aliphatic heterocycles. The molecule has 0 aliphatic carbocycles. The Bertz CT molecular complexity index is 515. The zero-order chi connectivity index (χ0) is 12.7. The first kappa shape index (κ1) is 12.1. The Kier molecular flexibility index (Phi) is 3.09. The summed E-state index contributed by atoms with van der Waals surface area (Å²) in [5.74, 6) is 0.565. The Balaban J connectivity index is 1.95. The van der Waals surface area contributed by atoms with Crippen LogP contribution in [0, 0.1) is 0 Å². The molecular formula is C12H11Cl2NO3. The highest BCUT2D eigenvalue weighted by Gasteiger charge is 2.27. The van der Waals surface area contributed by atoms with Crippen molar-refractivity contribution >= 4 is 34.8 Å². The number of carbonyl (C=O) groups excluding carboxylic acids is 1. The summed E-state index contributed by atoms with van der Waals surface area (Å²) in [4.78, 5) is 11.4. The second-order valence-electron chi connectivity index (χ2n) is 4.34. The second-order valence-corrected chi connectivity index (χ2v) is 5.15. The third kappa shape index (κ3) is 2.28. The number of amides is 1. The van der Waals surface area contributed by atoms with E-state index in [9.17, 15) is 4.79 Å². The maximum absolute atomic E-state index is 11.4. The quantitative estimate of drug-likeness (QED) is 0.870. The highest BCUT2D eigenvalue weighted by molar-refractivity contribution is 6.38. The van der Waals surface area contributed by atoms with Gasteiger partial charge in [-0.25, -0.2) is 0 Å². The van der Waals surface area contributed by atoms with Crippen molar-refractivity contribution in [2.24, 2.45) is 0 Å². The molecule has 1 unspecified atom stereocenters. The molecule has 1 aromatic carbocycles. The van der Waals surface area contributed by atoms with Crippen LogP contribution in [0.3, 0.4) is 0 Å². The summed E-state index contributed by atoms with van der Waals surface area (Å²) in [6, 6.07) is 1.59. The van der Waals surface area contributed by atoms with Gasteiger partial charge in [0.1, 0.15) is 18.5 Å². The summed E-state index contributed by atoms with van der Waals surface area (Å²) in [5.41, 5.74) is 1.48. The molecule has 2 heterocycles. The van der Waals surface area contributed by atoms with Gasteiger partial charge in [0, 0.05) is 12.0 Å². The number of ether oxygens (including phenoxy) is 2. The summed E-state index contributed by atoms with van der Waals surface area (Å²) < 4.78 is 10.8. The summed E-state index contributed by atoms with van der Waals surface area (Å²) in [6.07, 6.45) is 1.16. The first-order valence-corrected chi connectivity index (χ1v) is 6.46. The van der Waals surface area contributed by atoms with E-state index in [1.807, 2.05) is 0 Å². The molecule has 3 rings (SSSR count). The molecular weight excluding hydrogens is 277 g/mol. The minimum absolute atomic E-state index is 0.0387. The molecule has 0 aromatic heterocycles. The van der Waals surface area contributed by atoms with E-state index >= 15 is 0 Å². The van der Waals surface area contributed by atoms with Crippen LogP contribution in [0.4, 0.5) is 5.69 Å². The molecule has 0 bridgehead atoms. The topological polar surface area (TPSA) is 50.9 Å². The Morgan fingerprint density at radius 2 is 2.17 bits per heavy atom. The molecule has 0 radical (unpaired) electrons. The normalized spacial score (nSPS) is 21.2. The van der Waals surface area contributed by atoms with Crippen molar-refractivity contribution in [2.45, 2.75) is 18.9 Å². The second kappa shape index (κ2) is 4.61. The average molecular weight is 288 g/mol. The molecule has 18 heavy (non-hydrogen) atoms. The maximum Gasteiger partial charge on any atom is 0.224 e. The molecule has 1 atom stereocenters. The standard InChI is InChI=1S/C12H11Cl2NO3/c13-8-3-9(14)12(18-5-6-4-17-6)7-1-2-10(16)15-11(7)8/h3,6H,1-2,4-5H2,(H,15,16). The van der Waals surface area contributed by atoms with E-state index in [1.165, 1.54) is 0 Å². The minimum atomic E-state index is -0.0387. The highest BCUT2D eigenvalue weighted by Crippen LogP contribution is 2.42. The van der Waals surface area contributed by atoms with Gasteiger partial charge in [0.05, 0.1) is 22.3 Å². The Labute approximate surface area is 114 Å². The fourth-order valence-corrected chi connectivity index (χ4v) is 2.57. The van der Waals surface area contributed by atoms with Gasteiger partial charge in [-0.2, -0.15) is 0 Å². The first-order chi connectivity index (χ1) is 8.65. The van der Waals surface area contributed by atoms with Crippen molar-refractivity contribution in [1.29, 1.82) is 0 Å². The number of rotatable bonds is 3. The molecule has 1 aromatic rings. The molecule has 2 aliphatic rings. The van der Waals surface area contributed by atoms with Gasteiger partial charge in [0.2, 0.25) is 5.91 Å². The van der Waals surface area contributed by atoms with Gasteiger partial charge < -0.3 is 14.8 Å². The third-order valence-electron chi connectivity index (χ3n) is 2.97. The van der Waals surface area contributed by atoms with E-state index in [0.29, 0.717) is 40.9 Å². The van der Waals surface area contributed by atoms with E-state index in [4.69, 9.17) is 32.7 Å². The van der Waals surface area contributed by atoms with Crippen molar-refractivity contribution in [2.75, 3.05) is 18.5 Å². The van der Waals surface area contributed by atoms with Gasteiger partial charge in [-0.15, -0.1) is 0 Å². The molecule has 6 heteroatoms. The summed E-state index contributed by atoms with van der Waals surface area (Å²) in [6.45, 7) is 1.20. The SMILES string of the molecule is O=C1CCc2c(c(Cl)cc(Cl)c2OCC2CO2)N1. The van der Waals surface area contributed by atoms with Crippen molar-refractivity contribution in [3.05, 3.63) is 21.7 Å². The van der Waals surface area contributed by atoms with Gasteiger partial charge in [-0.1, -0.05) is 23.2 Å². The fraction of sp³-hybridized carbons (Fsp3) is 0.417. The van der Waals surface area contributed by atoms with Crippen LogP contribution in [0.5, 0.6) is 5.75 Å². The molecule has 1 saturated heterocycles. The number of anilines is 1. The predicted octanol–water partition coefficient (Wildman–Crippen LogP) is 2.66. The number of benzene rings is 1. The molecule has 0 spiro atoms. The van der Waals surface area contributed by atoms with Crippen molar-refractivity contribution in [3.8, 4) is 5.75 Å². The largest absolute Gasteiger partial charge is 0.489 e. The zero-order valence-electron chi connectivity index (χ0n) is 9.46. The van der Waals surface area contributed by atoms with Gasteiger partial charge in [0.25, 0.3) is 0 Å². The number of halogens is 2. The number of carbonyl (C=O) groups is 1. The van der Waals surface area contributed by atoms with Gasteiger partial charge >= 0.3 is 0 Å². The minimum Gasteiger partial charge on any atom is -0.489 e. The van der Waals surface area contributed by atoms with Crippen LogP contribution in [-0.4, -0.2) is 25.2 Å². The number of epoxide rings is 1. The Hall–Kier alpha value is -0.970. The van der Waals surface area contributed by atoms with Crippen LogP contribution in [0.2, 0.25) is 10.0 Å². The lowest BCUT2D eigenvalue weighted by atomic mass is 10.0. The van der Waals surface area contributed by atoms with E-state index in [1.54, 1.807) is 6.07 Å². The van der Waals surface area contributed by atoms with E-state index < -0.39 is 0 Å². The smallest absolute Gasteiger partial charge is 0.224 e. The van der Waals surface area contributed by atoms with Crippen LogP contribution in [0.25, 0.3) is 0 Å². The van der Waals surface area contributed by atoms with Crippen LogP contribution in [0.15, 0.2) is 6.07 Å². The number of nitrogens with one attached hydrogen (secondary N) is 1. The maximum atomic E-state index is 11.4. The number of fused-ring (bicyclic) bond motifs is 1. The van der Waals surface area contributed by atoms with Crippen LogP contribution >= 0.6 is 23.2 Å². The average Bonchev–Trinajstić information content (AvgIpc) is 3.13. The summed E-state index contributed by atoms with van der Waals surface area (Å²) in [5, 5.41) is 3.67. The lowest BCUT2D eigenvalue weighted by molar-refractivity contribution is -0.116. The van der Waals surface area contributed by atoms with Crippen LogP contribution < -0.4 is 10.1 Å². The molecule has 1 amide bonds. The third-order valence-corrected chi connectivity index (χ3v) is 3.55. The van der Waals surface area contributed by atoms with Crippen molar-refractivity contribution < 1.29 is 14.3 Å². The van der Waals surface area contributed by atoms with E-state index in [-0.39, 0.29) is 12.0 Å². The molecule has 1 fully saturated rings. The van der Waals surface area contributed by atoms with Gasteiger partial charge in [0.15, 0.2) is 0 Å². The monoisotopic (exact) mass is 287 g/mol. The fourth-order valence-electron chi connectivity index (χ4n) is 1.96. The number of hydrogen-bond acceptors (Lipinski definition) is 3. The molecule has 0 saturated carbocycles. The first-order valence-electron chi connectivity index (χ1n) is 5.70. The molecule has 4 nitrogen and oxygen atoms in total. The molecule has 1 N–H and O–H groups in total. The van der Waals surface area contributed by atoms with Crippen LogP contribution in [-0.2, 0) is 16.0 Å². The summed E-state index contributed by atoms with van der Waals surface area (Å²) in [7, 11) is 0. The van der Waals surface area contributed by atoms with Crippen molar-refractivity contribution in [3.63, 3.8) is 0 Å². The Morgan fingerprint density at radius 1 is 1.39 bits per heavy atom.